The fourth-order valence-electron chi connectivity index (χ4n) is 1.64. The summed E-state index contributed by atoms with van der Waals surface area (Å²) in [5.74, 6) is -0.213. The van der Waals surface area contributed by atoms with Crippen molar-refractivity contribution in [1.82, 2.24) is 10.3 Å². The number of nitrogen functional groups attached to an aromatic ring is 1. The smallest absolute Gasteiger partial charge is 0.270 e. The van der Waals surface area contributed by atoms with Crippen LogP contribution in [0.3, 0.4) is 0 Å². The highest BCUT2D eigenvalue weighted by Crippen LogP contribution is 2.16. The molecule has 0 spiro atoms. The predicted molar refractivity (Wildman–Crippen MR) is 78.7 cm³/mol. The van der Waals surface area contributed by atoms with Gasteiger partial charge in [-0.15, -0.1) is 0 Å². The SMILES string of the molecule is C[C@H](NC(=O)c1ccc(N)cn1)c1ccc(Br)cc1. The van der Waals surface area contributed by atoms with Crippen LogP contribution in [0.5, 0.6) is 0 Å². The number of carbonyl (C=O) groups is 1. The Labute approximate surface area is 120 Å². The van der Waals surface area contributed by atoms with Gasteiger partial charge in [-0.2, -0.15) is 0 Å². The summed E-state index contributed by atoms with van der Waals surface area (Å²) in [5.41, 5.74) is 7.47. The highest BCUT2D eigenvalue weighted by molar-refractivity contribution is 9.10. The van der Waals surface area contributed by atoms with Gasteiger partial charge in [0.05, 0.1) is 17.9 Å². The van der Waals surface area contributed by atoms with E-state index in [1.165, 1.54) is 6.20 Å². The number of carbonyl (C=O) groups excluding carboxylic acids is 1. The first kappa shape index (κ1) is 13.5. The van der Waals surface area contributed by atoms with Crippen molar-refractivity contribution < 1.29 is 4.79 Å². The van der Waals surface area contributed by atoms with E-state index in [0.717, 1.165) is 10.0 Å². The highest BCUT2D eigenvalue weighted by Gasteiger charge is 2.12. The van der Waals surface area contributed by atoms with Crippen LogP contribution in [0.2, 0.25) is 0 Å². The van der Waals surface area contributed by atoms with Crippen LogP contribution in [0.4, 0.5) is 5.69 Å². The minimum Gasteiger partial charge on any atom is -0.397 e. The first-order chi connectivity index (χ1) is 9.06. The van der Waals surface area contributed by atoms with Crippen molar-refractivity contribution in [2.75, 3.05) is 5.73 Å². The number of nitrogens with zero attached hydrogens (tertiary/aromatic N) is 1. The van der Waals surface area contributed by atoms with E-state index >= 15 is 0 Å². The minimum atomic E-state index is -0.213. The number of amides is 1. The molecule has 1 aromatic heterocycles. The lowest BCUT2D eigenvalue weighted by Crippen LogP contribution is -2.27. The quantitative estimate of drug-likeness (QED) is 0.914. The molecule has 0 radical (unpaired) electrons. The summed E-state index contributed by atoms with van der Waals surface area (Å²) in [5, 5.41) is 2.89. The average molecular weight is 320 g/mol. The third kappa shape index (κ3) is 3.54. The molecule has 0 fully saturated rings. The van der Waals surface area contributed by atoms with Crippen molar-refractivity contribution in [3.05, 3.63) is 58.3 Å². The molecule has 1 heterocycles. The van der Waals surface area contributed by atoms with Gasteiger partial charge in [-0.3, -0.25) is 4.79 Å². The lowest BCUT2D eigenvalue weighted by molar-refractivity contribution is 0.0935. The van der Waals surface area contributed by atoms with Crippen LogP contribution in [-0.2, 0) is 0 Å². The zero-order valence-corrected chi connectivity index (χ0v) is 12.0. The number of halogens is 1. The molecule has 5 heteroatoms. The largest absolute Gasteiger partial charge is 0.397 e. The summed E-state index contributed by atoms with van der Waals surface area (Å²) in [6, 6.07) is 11.0. The van der Waals surface area contributed by atoms with Crippen LogP contribution in [0.25, 0.3) is 0 Å². The maximum Gasteiger partial charge on any atom is 0.270 e. The van der Waals surface area contributed by atoms with Gasteiger partial charge in [0, 0.05) is 4.47 Å². The lowest BCUT2D eigenvalue weighted by atomic mass is 10.1. The summed E-state index contributed by atoms with van der Waals surface area (Å²) in [6.45, 7) is 1.93. The number of rotatable bonds is 3. The van der Waals surface area contributed by atoms with Gasteiger partial charge >= 0.3 is 0 Å². The third-order valence-corrected chi connectivity index (χ3v) is 3.27. The molecular formula is C14H14BrN3O. The van der Waals surface area contributed by atoms with Gasteiger partial charge in [0.2, 0.25) is 0 Å². The Bertz CT molecular complexity index is 566. The standard InChI is InChI=1S/C14H14BrN3O/c1-9(10-2-4-11(15)5-3-10)18-14(19)13-7-6-12(16)8-17-13/h2-9H,16H2,1H3,(H,18,19)/t9-/m0/s1. The Morgan fingerprint density at radius 2 is 1.95 bits per heavy atom. The van der Waals surface area contributed by atoms with Gasteiger partial charge in [-0.1, -0.05) is 28.1 Å². The summed E-state index contributed by atoms with van der Waals surface area (Å²) in [4.78, 5) is 16.0. The topological polar surface area (TPSA) is 68.0 Å². The van der Waals surface area contributed by atoms with Gasteiger partial charge in [-0.05, 0) is 36.8 Å². The van der Waals surface area contributed by atoms with E-state index in [-0.39, 0.29) is 11.9 Å². The number of hydrogen-bond acceptors (Lipinski definition) is 3. The van der Waals surface area contributed by atoms with E-state index in [1.54, 1.807) is 12.1 Å². The Kier molecular flexibility index (Phi) is 4.16. The zero-order chi connectivity index (χ0) is 13.8. The number of benzene rings is 1. The number of anilines is 1. The fraction of sp³-hybridized carbons (Fsp3) is 0.143. The maximum atomic E-state index is 12.0. The van der Waals surface area contributed by atoms with Crippen molar-refractivity contribution in [3.63, 3.8) is 0 Å². The van der Waals surface area contributed by atoms with Gasteiger partial charge in [0.25, 0.3) is 5.91 Å². The van der Waals surface area contributed by atoms with Crippen LogP contribution >= 0.6 is 15.9 Å². The first-order valence-electron chi connectivity index (χ1n) is 5.84. The first-order valence-corrected chi connectivity index (χ1v) is 6.63. The molecular weight excluding hydrogens is 306 g/mol. The Balaban J connectivity index is 2.06. The van der Waals surface area contributed by atoms with Crippen molar-refractivity contribution in [3.8, 4) is 0 Å². The molecule has 1 aromatic carbocycles. The van der Waals surface area contributed by atoms with Gasteiger partial charge < -0.3 is 11.1 Å². The minimum absolute atomic E-state index is 0.0834. The maximum absolute atomic E-state index is 12.0. The molecule has 4 nitrogen and oxygen atoms in total. The molecule has 0 saturated carbocycles. The Morgan fingerprint density at radius 1 is 1.26 bits per heavy atom. The number of nitrogens with one attached hydrogen (secondary N) is 1. The van der Waals surface area contributed by atoms with E-state index < -0.39 is 0 Å². The van der Waals surface area contributed by atoms with Crippen molar-refractivity contribution in [2.24, 2.45) is 0 Å². The Morgan fingerprint density at radius 3 is 2.53 bits per heavy atom. The molecule has 0 aliphatic carbocycles. The molecule has 0 unspecified atom stereocenters. The van der Waals surface area contributed by atoms with Crippen LogP contribution in [0.15, 0.2) is 47.1 Å². The van der Waals surface area contributed by atoms with Crippen molar-refractivity contribution >= 4 is 27.5 Å². The highest BCUT2D eigenvalue weighted by atomic mass is 79.9. The second-order valence-corrected chi connectivity index (χ2v) is 5.14. The molecule has 0 aliphatic rings. The van der Waals surface area contributed by atoms with E-state index in [1.807, 2.05) is 31.2 Å². The van der Waals surface area contributed by atoms with Crippen LogP contribution in [-0.4, -0.2) is 10.9 Å². The Hall–Kier alpha value is -1.88. The second-order valence-electron chi connectivity index (χ2n) is 4.22. The van der Waals surface area contributed by atoms with E-state index in [9.17, 15) is 4.79 Å². The fourth-order valence-corrected chi connectivity index (χ4v) is 1.91. The summed E-state index contributed by atoms with van der Waals surface area (Å²) >= 11 is 3.38. The summed E-state index contributed by atoms with van der Waals surface area (Å²) < 4.78 is 1.01. The summed E-state index contributed by atoms with van der Waals surface area (Å²) in [7, 11) is 0. The molecule has 19 heavy (non-hydrogen) atoms. The summed E-state index contributed by atoms with van der Waals surface area (Å²) in [6.07, 6.45) is 1.47. The monoisotopic (exact) mass is 319 g/mol. The second kappa shape index (κ2) is 5.84. The van der Waals surface area contributed by atoms with Crippen molar-refractivity contribution in [1.29, 1.82) is 0 Å². The zero-order valence-electron chi connectivity index (χ0n) is 10.4. The molecule has 98 valence electrons. The molecule has 2 aromatic rings. The molecule has 2 rings (SSSR count). The molecule has 0 aliphatic heterocycles. The number of aromatic nitrogens is 1. The van der Waals surface area contributed by atoms with Gasteiger partial charge in [0.1, 0.15) is 5.69 Å². The molecule has 0 saturated heterocycles. The molecule has 1 amide bonds. The van der Waals surface area contributed by atoms with Crippen LogP contribution in [0, 0.1) is 0 Å². The van der Waals surface area contributed by atoms with Gasteiger partial charge in [0.15, 0.2) is 0 Å². The number of nitrogens with two attached hydrogens (primary N) is 1. The van der Waals surface area contributed by atoms with Crippen molar-refractivity contribution in [2.45, 2.75) is 13.0 Å². The average Bonchev–Trinajstić information content (AvgIpc) is 2.40. The van der Waals surface area contributed by atoms with E-state index in [2.05, 4.69) is 26.2 Å². The third-order valence-electron chi connectivity index (χ3n) is 2.74. The molecule has 0 bridgehead atoms. The molecule has 3 N–H and O–H groups in total. The van der Waals surface area contributed by atoms with Gasteiger partial charge in [-0.25, -0.2) is 4.98 Å². The lowest BCUT2D eigenvalue weighted by Gasteiger charge is -2.14. The normalized spacial score (nSPS) is 11.9. The van der Waals surface area contributed by atoms with Crippen LogP contribution in [0.1, 0.15) is 29.0 Å². The van der Waals surface area contributed by atoms with E-state index in [0.29, 0.717) is 11.4 Å². The van der Waals surface area contributed by atoms with Crippen LogP contribution < -0.4 is 11.1 Å². The molecule has 1 atom stereocenters. The number of hydrogen-bond donors (Lipinski definition) is 2. The van der Waals surface area contributed by atoms with E-state index in [4.69, 9.17) is 5.73 Å². The number of pyridine rings is 1. The predicted octanol–water partition coefficient (Wildman–Crippen LogP) is 2.92.